The fourth-order valence-electron chi connectivity index (χ4n) is 2.39. The predicted octanol–water partition coefficient (Wildman–Crippen LogP) is 5.11. The van der Waals surface area contributed by atoms with Crippen molar-refractivity contribution in [1.82, 2.24) is 19.9 Å². The number of nitrogens with one attached hydrogen (secondary N) is 1. The van der Waals surface area contributed by atoms with Crippen LogP contribution in [0.4, 0.5) is 0 Å². The maximum Gasteiger partial charge on any atom is 0.117 e. The van der Waals surface area contributed by atoms with Crippen molar-refractivity contribution in [3.05, 3.63) is 58.6 Å². The number of benzene rings is 2. The highest BCUT2D eigenvalue weighted by molar-refractivity contribution is 7.98. The Bertz CT molecular complexity index is 982. The number of thioether (sulfide) groups is 1. The molecular formula is C16H10Cl2N4S. The first kappa shape index (κ1) is 14.8. The minimum absolute atomic E-state index is 0.528. The van der Waals surface area contributed by atoms with Crippen LogP contribution in [0.5, 0.6) is 0 Å². The van der Waals surface area contributed by atoms with E-state index in [0.29, 0.717) is 21.3 Å². The highest BCUT2D eigenvalue weighted by Crippen LogP contribution is 2.32. The van der Waals surface area contributed by atoms with E-state index in [0.717, 1.165) is 27.3 Å². The van der Waals surface area contributed by atoms with E-state index >= 15 is 0 Å². The molecular weight excluding hydrogens is 351 g/mol. The van der Waals surface area contributed by atoms with Gasteiger partial charge >= 0.3 is 0 Å². The first-order chi connectivity index (χ1) is 11.2. The lowest BCUT2D eigenvalue weighted by Gasteiger charge is -2.05. The first-order valence-electron chi connectivity index (χ1n) is 6.87. The van der Waals surface area contributed by atoms with Gasteiger partial charge in [-0.25, -0.2) is 15.0 Å². The minimum Gasteiger partial charge on any atom is -0.341 e. The smallest absolute Gasteiger partial charge is 0.117 e. The number of imidazole rings is 1. The summed E-state index contributed by atoms with van der Waals surface area (Å²) in [5, 5.41) is 2.79. The molecule has 0 bridgehead atoms. The number of halogens is 2. The van der Waals surface area contributed by atoms with Gasteiger partial charge in [0.25, 0.3) is 0 Å². The predicted molar refractivity (Wildman–Crippen MR) is 95.2 cm³/mol. The molecule has 7 heteroatoms. The maximum absolute atomic E-state index is 6.20. The summed E-state index contributed by atoms with van der Waals surface area (Å²) in [6.45, 7) is 0. The second-order valence-electron chi connectivity index (χ2n) is 4.95. The van der Waals surface area contributed by atoms with Gasteiger partial charge in [-0.05, 0) is 24.3 Å². The summed E-state index contributed by atoms with van der Waals surface area (Å²) in [7, 11) is 0. The van der Waals surface area contributed by atoms with Gasteiger partial charge in [0, 0.05) is 10.4 Å². The van der Waals surface area contributed by atoms with E-state index in [1.54, 1.807) is 17.8 Å². The fourth-order valence-corrected chi connectivity index (χ4v) is 3.78. The van der Waals surface area contributed by atoms with Crippen molar-refractivity contribution in [3.8, 4) is 0 Å². The van der Waals surface area contributed by atoms with Crippen LogP contribution < -0.4 is 0 Å². The quantitative estimate of drug-likeness (QED) is 0.407. The molecule has 0 amide bonds. The molecule has 0 saturated carbocycles. The Kier molecular flexibility index (Phi) is 3.85. The zero-order chi connectivity index (χ0) is 15.8. The lowest BCUT2D eigenvalue weighted by atomic mass is 10.2. The first-order valence-corrected chi connectivity index (χ1v) is 8.61. The number of rotatable bonds is 3. The SMILES string of the molecule is Clc1cc(Cl)c2ncnc(SCc3nc4ccccc4[nH]3)c2c1. The fraction of sp³-hybridized carbons (Fsp3) is 0.0625. The lowest BCUT2D eigenvalue weighted by Crippen LogP contribution is -1.90. The summed E-state index contributed by atoms with van der Waals surface area (Å²) < 4.78 is 0. The Morgan fingerprint density at radius 1 is 1.09 bits per heavy atom. The van der Waals surface area contributed by atoms with E-state index in [4.69, 9.17) is 23.2 Å². The lowest BCUT2D eigenvalue weighted by molar-refractivity contribution is 1.09. The molecule has 2 aromatic heterocycles. The number of aromatic amines is 1. The van der Waals surface area contributed by atoms with Gasteiger partial charge in [-0.1, -0.05) is 47.1 Å². The van der Waals surface area contributed by atoms with Gasteiger partial charge in [-0.3, -0.25) is 0 Å². The molecule has 0 atom stereocenters. The number of hydrogen-bond donors (Lipinski definition) is 1. The van der Waals surface area contributed by atoms with Crippen molar-refractivity contribution in [2.45, 2.75) is 10.8 Å². The maximum atomic E-state index is 6.20. The standard InChI is InChI=1S/C16H10Cl2N4S/c17-9-5-10-15(11(18)6-9)19-8-20-16(10)23-7-14-21-12-3-1-2-4-13(12)22-14/h1-6,8H,7H2,(H,21,22). The molecule has 0 radical (unpaired) electrons. The topological polar surface area (TPSA) is 54.5 Å². The zero-order valence-electron chi connectivity index (χ0n) is 11.8. The van der Waals surface area contributed by atoms with Crippen LogP contribution in [-0.2, 0) is 5.75 Å². The molecule has 2 heterocycles. The highest BCUT2D eigenvalue weighted by Gasteiger charge is 2.10. The van der Waals surface area contributed by atoms with E-state index in [1.807, 2.05) is 30.3 Å². The number of aromatic nitrogens is 4. The molecule has 0 unspecified atom stereocenters. The molecule has 1 N–H and O–H groups in total. The van der Waals surface area contributed by atoms with Crippen molar-refractivity contribution in [1.29, 1.82) is 0 Å². The molecule has 0 fully saturated rings. The zero-order valence-corrected chi connectivity index (χ0v) is 14.1. The number of para-hydroxylation sites is 2. The van der Waals surface area contributed by atoms with E-state index in [-0.39, 0.29) is 0 Å². The Balaban J connectivity index is 1.67. The van der Waals surface area contributed by atoms with Gasteiger partial charge in [-0.2, -0.15) is 0 Å². The van der Waals surface area contributed by atoms with Crippen LogP contribution in [0.3, 0.4) is 0 Å². The van der Waals surface area contributed by atoms with Gasteiger partial charge in [0.05, 0.1) is 27.3 Å². The molecule has 2 aromatic carbocycles. The van der Waals surface area contributed by atoms with Crippen molar-refractivity contribution in [2.24, 2.45) is 0 Å². The van der Waals surface area contributed by atoms with Crippen LogP contribution in [0.1, 0.15) is 5.82 Å². The second kappa shape index (κ2) is 6.00. The normalized spacial score (nSPS) is 11.4. The molecule has 114 valence electrons. The van der Waals surface area contributed by atoms with Crippen LogP contribution >= 0.6 is 35.0 Å². The third-order valence-electron chi connectivity index (χ3n) is 3.40. The van der Waals surface area contributed by atoms with E-state index in [2.05, 4.69) is 19.9 Å². The summed E-state index contributed by atoms with van der Waals surface area (Å²) in [6, 6.07) is 11.5. The summed E-state index contributed by atoms with van der Waals surface area (Å²) in [5.41, 5.74) is 2.70. The van der Waals surface area contributed by atoms with Crippen molar-refractivity contribution in [2.75, 3.05) is 0 Å². The number of fused-ring (bicyclic) bond motifs is 2. The Morgan fingerprint density at radius 2 is 1.96 bits per heavy atom. The Morgan fingerprint density at radius 3 is 2.83 bits per heavy atom. The van der Waals surface area contributed by atoms with Crippen LogP contribution in [0.25, 0.3) is 21.9 Å². The molecule has 4 rings (SSSR count). The molecule has 0 aliphatic carbocycles. The number of hydrogen-bond acceptors (Lipinski definition) is 4. The summed E-state index contributed by atoms with van der Waals surface area (Å²) in [4.78, 5) is 16.5. The highest BCUT2D eigenvalue weighted by atomic mass is 35.5. The molecule has 0 aliphatic rings. The second-order valence-corrected chi connectivity index (χ2v) is 6.76. The van der Waals surface area contributed by atoms with Crippen LogP contribution in [0, 0.1) is 0 Å². The van der Waals surface area contributed by atoms with Gasteiger partial charge in [0.15, 0.2) is 0 Å². The average molecular weight is 361 g/mol. The van der Waals surface area contributed by atoms with Gasteiger partial charge in [0.1, 0.15) is 17.2 Å². The molecule has 0 aliphatic heterocycles. The molecule has 0 spiro atoms. The van der Waals surface area contributed by atoms with E-state index < -0.39 is 0 Å². The van der Waals surface area contributed by atoms with Crippen LogP contribution in [-0.4, -0.2) is 19.9 Å². The monoisotopic (exact) mass is 360 g/mol. The molecule has 0 saturated heterocycles. The third kappa shape index (κ3) is 2.87. The van der Waals surface area contributed by atoms with E-state index in [1.165, 1.54) is 6.33 Å². The average Bonchev–Trinajstić information content (AvgIpc) is 2.96. The Labute approximate surface area is 146 Å². The summed E-state index contributed by atoms with van der Waals surface area (Å²) >= 11 is 13.9. The molecule has 4 nitrogen and oxygen atoms in total. The van der Waals surface area contributed by atoms with Crippen molar-refractivity contribution in [3.63, 3.8) is 0 Å². The van der Waals surface area contributed by atoms with Crippen molar-refractivity contribution >= 4 is 56.9 Å². The summed E-state index contributed by atoms with van der Waals surface area (Å²) in [5.74, 6) is 1.57. The van der Waals surface area contributed by atoms with Gasteiger partial charge < -0.3 is 4.98 Å². The summed E-state index contributed by atoms with van der Waals surface area (Å²) in [6.07, 6.45) is 1.52. The number of H-pyrrole nitrogens is 1. The van der Waals surface area contributed by atoms with Gasteiger partial charge in [0.2, 0.25) is 0 Å². The third-order valence-corrected chi connectivity index (χ3v) is 4.93. The van der Waals surface area contributed by atoms with Gasteiger partial charge in [-0.15, -0.1) is 0 Å². The van der Waals surface area contributed by atoms with Crippen molar-refractivity contribution < 1.29 is 0 Å². The number of nitrogens with zero attached hydrogens (tertiary/aromatic N) is 3. The largest absolute Gasteiger partial charge is 0.341 e. The Hall–Kier alpha value is -1.82. The van der Waals surface area contributed by atoms with Crippen LogP contribution in [0.2, 0.25) is 10.0 Å². The minimum atomic E-state index is 0.528. The molecule has 4 aromatic rings. The van der Waals surface area contributed by atoms with Crippen LogP contribution in [0.15, 0.2) is 47.8 Å². The van der Waals surface area contributed by atoms with E-state index in [9.17, 15) is 0 Å². The molecule has 23 heavy (non-hydrogen) atoms.